The molecule has 3 heterocycles. The summed E-state index contributed by atoms with van der Waals surface area (Å²) in [6, 6.07) is 10.1. The fourth-order valence-corrected chi connectivity index (χ4v) is 4.17. The van der Waals surface area contributed by atoms with Gasteiger partial charge in [0.05, 0.1) is 5.75 Å². The van der Waals surface area contributed by atoms with Crippen molar-refractivity contribution >= 4 is 29.6 Å². The first kappa shape index (κ1) is 15.5. The van der Waals surface area contributed by atoms with Crippen molar-refractivity contribution in [2.75, 3.05) is 48.8 Å². The van der Waals surface area contributed by atoms with E-state index >= 15 is 0 Å². The number of benzene rings is 1. The predicted molar refractivity (Wildman–Crippen MR) is 95.2 cm³/mol. The first-order chi connectivity index (χ1) is 11.7. The molecule has 2 aromatic rings. The van der Waals surface area contributed by atoms with Crippen LogP contribution in [0.25, 0.3) is 0 Å². The number of nitrogens with one attached hydrogen (secondary N) is 1. The number of hydrogen-bond acceptors (Lipinski definition) is 6. The molecule has 1 N–H and O–H groups in total. The summed E-state index contributed by atoms with van der Waals surface area (Å²) in [6.45, 7) is 3.79. The molecular weight excluding hydrogens is 324 g/mol. The lowest BCUT2D eigenvalue weighted by atomic mass is 10.2. The van der Waals surface area contributed by atoms with Crippen LogP contribution in [0, 0.1) is 0 Å². The number of piperazine rings is 1. The molecule has 2 aliphatic heterocycles. The molecule has 1 atom stereocenters. The van der Waals surface area contributed by atoms with E-state index < -0.39 is 0 Å². The quantitative estimate of drug-likeness (QED) is 0.906. The summed E-state index contributed by atoms with van der Waals surface area (Å²) in [7, 11) is 2.12. The molecule has 2 fully saturated rings. The van der Waals surface area contributed by atoms with Crippen molar-refractivity contribution < 1.29 is 4.79 Å². The lowest BCUT2D eigenvalue weighted by Crippen LogP contribution is -2.45. The average Bonchev–Trinajstić information content (AvgIpc) is 3.23. The standard InChI is InChI=1S/C16H20N6OS/c1-20-7-9-21(10-8-20)15-17-16(19-18-15)22-13(23)11-24-14(22)12-5-3-2-4-6-12/h2-6,14H,7-11H2,1H3,(H,17,18,19)/t14-/m1/s1. The maximum Gasteiger partial charge on any atom is 0.246 e. The number of rotatable bonds is 3. The van der Waals surface area contributed by atoms with E-state index in [0.29, 0.717) is 17.6 Å². The topological polar surface area (TPSA) is 68.4 Å². The molecule has 1 aromatic carbocycles. The van der Waals surface area contributed by atoms with Crippen molar-refractivity contribution in [2.24, 2.45) is 0 Å². The van der Waals surface area contributed by atoms with Gasteiger partial charge >= 0.3 is 0 Å². The van der Waals surface area contributed by atoms with Gasteiger partial charge in [-0.1, -0.05) is 30.3 Å². The van der Waals surface area contributed by atoms with Gasteiger partial charge in [0.15, 0.2) is 0 Å². The summed E-state index contributed by atoms with van der Waals surface area (Å²) in [5.41, 5.74) is 1.10. The molecule has 0 saturated carbocycles. The van der Waals surface area contributed by atoms with Crippen LogP contribution in [0.4, 0.5) is 11.9 Å². The average molecular weight is 344 g/mol. The third-order valence-electron chi connectivity index (χ3n) is 4.43. The second-order valence-corrected chi connectivity index (χ2v) is 7.16. The SMILES string of the molecule is CN1CCN(c2n[nH]c(N3C(=O)CS[C@@H]3c3ccccc3)n2)CC1. The first-order valence-electron chi connectivity index (χ1n) is 8.07. The Labute approximate surface area is 145 Å². The largest absolute Gasteiger partial charge is 0.337 e. The third kappa shape index (κ3) is 2.87. The van der Waals surface area contributed by atoms with Gasteiger partial charge in [-0.15, -0.1) is 16.9 Å². The van der Waals surface area contributed by atoms with E-state index in [4.69, 9.17) is 0 Å². The Kier molecular flexibility index (Phi) is 4.15. The summed E-state index contributed by atoms with van der Waals surface area (Å²) in [6.07, 6.45) is 0. The number of thioether (sulfide) groups is 1. The number of nitrogens with zero attached hydrogens (tertiary/aromatic N) is 5. The number of likely N-dealkylation sites (N-methyl/N-ethyl adjacent to an activating group) is 1. The van der Waals surface area contributed by atoms with Crippen LogP contribution in [0.2, 0.25) is 0 Å². The molecular formula is C16H20N6OS. The van der Waals surface area contributed by atoms with E-state index in [1.165, 1.54) is 0 Å². The second kappa shape index (κ2) is 6.45. The zero-order valence-corrected chi connectivity index (χ0v) is 14.4. The van der Waals surface area contributed by atoms with Gasteiger partial charge in [-0.25, -0.2) is 5.10 Å². The molecule has 126 valence electrons. The monoisotopic (exact) mass is 344 g/mol. The van der Waals surface area contributed by atoms with Crippen molar-refractivity contribution in [3.63, 3.8) is 0 Å². The Hall–Kier alpha value is -2.06. The number of aromatic amines is 1. The summed E-state index contributed by atoms with van der Waals surface area (Å²) in [5, 5.41) is 7.25. The van der Waals surface area contributed by atoms with Crippen LogP contribution in [-0.2, 0) is 4.79 Å². The lowest BCUT2D eigenvalue weighted by molar-refractivity contribution is -0.115. The molecule has 0 aliphatic carbocycles. The molecule has 7 nitrogen and oxygen atoms in total. The van der Waals surface area contributed by atoms with Gasteiger partial charge in [0.2, 0.25) is 17.8 Å². The predicted octanol–water partition coefficient (Wildman–Crippen LogP) is 1.34. The first-order valence-corrected chi connectivity index (χ1v) is 9.12. The van der Waals surface area contributed by atoms with Gasteiger partial charge in [0.25, 0.3) is 0 Å². The molecule has 0 unspecified atom stereocenters. The van der Waals surface area contributed by atoms with Crippen LogP contribution in [0.1, 0.15) is 10.9 Å². The number of anilines is 2. The molecule has 0 radical (unpaired) electrons. The summed E-state index contributed by atoms with van der Waals surface area (Å²) < 4.78 is 0. The molecule has 1 amide bonds. The van der Waals surface area contributed by atoms with E-state index in [0.717, 1.165) is 31.7 Å². The van der Waals surface area contributed by atoms with E-state index in [9.17, 15) is 4.79 Å². The smallest absolute Gasteiger partial charge is 0.246 e. The van der Waals surface area contributed by atoms with E-state index in [-0.39, 0.29) is 11.3 Å². The van der Waals surface area contributed by atoms with Gasteiger partial charge in [0.1, 0.15) is 5.37 Å². The van der Waals surface area contributed by atoms with Crippen LogP contribution in [0.5, 0.6) is 0 Å². The van der Waals surface area contributed by atoms with Crippen LogP contribution in [0.15, 0.2) is 30.3 Å². The minimum atomic E-state index is -0.0491. The molecule has 24 heavy (non-hydrogen) atoms. The number of aromatic nitrogens is 3. The third-order valence-corrected chi connectivity index (χ3v) is 5.64. The van der Waals surface area contributed by atoms with Crippen molar-refractivity contribution in [1.29, 1.82) is 0 Å². The van der Waals surface area contributed by atoms with Gasteiger partial charge in [0, 0.05) is 26.2 Å². The molecule has 0 spiro atoms. The van der Waals surface area contributed by atoms with Crippen molar-refractivity contribution in [2.45, 2.75) is 5.37 Å². The molecule has 2 aliphatic rings. The minimum absolute atomic E-state index is 0.0491. The molecule has 4 rings (SSSR count). The van der Waals surface area contributed by atoms with Crippen LogP contribution >= 0.6 is 11.8 Å². The number of hydrogen-bond donors (Lipinski definition) is 1. The maximum atomic E-state index is 12.4. The summed E-state index contributed by atoms with van der Waals surface area (Å²) >= 11 is 1.62. The number of carbonyl (C=O) groups excluding carboxylic acids is 1. The molecule has 2 saturated heterocycles. The Morgan fingerprint density at radius 3 is 2.67 bits per heavy atom. The zero-order valence-electron chi connectivity index (χ0n) is 13.6. The normalized spacial score (nSPS) is 22.4. The van der Waals surface area contributed by atoms with Gasteiger partial charge in [-0.3, -0.25) is 9.69 Å². The molecule has 0 bridgehead atoms. The van der Waals surface area contributed by atoms with Crippen molar-refractivity contribution in [1.82, 2.24) is 20.1 Å². The Morgan fingerprint density at radius 2 is 1.92 bits per heavy atom. The van der Waals surface area contributed by atoms with E-state index in [1.807, 2.05) is 30.3 Å². The Balaban J connectivity index is 1.57. The van der Waals surface area contributed by atoms with Gasteiger partial charge in [-0.2, -0.15) is 4.98 Å². The van der Waals surface area contributed by atoms with Crippen LogP contribution in [-0.4, -0.2) is 65.0 Å². The summed E-state index contributed by atoms with van der Waals surface area (Å²) in [4.78, 5) is 23.2. The van der Waals surface area contributed by atoms with Crippen molar-refractivity contribution in [3.05, 3.63) is 35.9 Å². The zero-order chi connectivity index (χ0) is 16.5. The fourth-order valence-electron chi connectivity index (χ4n) is 3.02. The maximum absolute atomic E-state index is 12.4. The minimum Gasteiger partial charge on any atom is -0.337 e. The van der Waals surface area contributed by atoms with Gasteiger partial charge < -0.3 is 9.80 Å². The van der Waals surface area contributed by atoms with Crippen LogP contribution < -0.4 is 9.80 Å². The fraction of sp³-hybridized carbons (Fsp3) is 0.438. The Bertz CT molecular complexity index is 712. The second-order valence-electron chi connectivity index (χ2n) is 6.09. The lowest BCUT2D eigenvalue weighted by Gasteiger charge is -2.31. The van der Waals surface area contributed by atoms with Crippen LogP contribution in [0.3, 0.4) is 0 Å². The van der Waals surface area contributed by atoms with Gasteiger partial charge in [-0.05, 0) is 12.6 Å². The highest BCUT2D eigenvalue weighted by atomic mass is 32.2. The van der Waals surface area contributed by atoms with E-state index in [2.05, 4.69) is 32.0 Å². The highest BCUT2D eigenvalue weighted by molar-refractivity contribution is 8.00. The number of carbonyl (C=O) groups is 1. The Morgan fingerprint density at radius 1 is 1.17 bits per heavy atom. The number of H-pyrrole nitrogens is 1. The van der Waals surface area contributed by atoms with E-state index in [1.54, 1.807) is 16.7 Å². The van der Waals surface area contributed by atoms with Crippen molar-refractivity contribution in [3.8, 4) is 0 Å². The number of amides is 1. The highest BCUT2D eigenvalue weighted by Gasteiger charge is 2.36. The molecule has 8 heteroatoms. The molecule has 1 aromatic heterocycles. The summed E-state index contributed by atoms with van der Waals surface area (Å²) in [5.74, 6) is 1.74. The highest BCUT2D eigenvalue weighted by Crippen LogP contribution is 2.40.